The van der Waals surface area contributed by atoms with Crippen LogP contribution in [0.3, 0.4) is 0 Å². The standard InChI is InChI=1S/C18H19N3O4S2/c1-24-16-7-6-14(11-17(16)25-2)27(22,23)20-10-8-13-12-26-18(21-13)15-5-3-4-9-19-15/h3-7,9,11-12,20H,8,10H2,1-2H3. The highest BCUT2D eigenvalue weighted by Crippen LogP contribution is 2.29. The summed E-state index contributed by atoms with van der Waals surface area (Å²) in [6.45, 7) is 0.238. The van der Waals surface area contributed by atoms with Gasteiger partial charge in [-0.3, -0.25) is 4.98 Å². The van der Waals surface area contributed by atoms with Crippen molar-refractivity contribution in [3.05, 3.63) is 53.7 Å². The number of methoxy groups -OCH3 is 2. The Hall–Kier alpha value is -2.49. The van der Waals surface area contributed by atoms with Crippen molar-refractivity contribution in [3.63, 3.8) is 0 Å². The van der Waals surface area contributed by atoms with Crippen LogP contribution in [0.25, 0.3) is 10.7 Å². The van der Waals surface area contributed by atoms with Gasteiger partial charge in [-0.2, -0.15) is 0 Å². The fourth-order valence-corrected chi connectivity index (χ4v) is 4.29. The van der Waals surface area contributed by atoms with Crippen LogP contribution in [0.5, 0.6) is 11.5 Å². The molecular weight excluding hydrogens is 386 g/mol. The van der Waals surface area contributed by atoms with E-state index in [2.05, 4.69) is 14.7 Å². The first-order valence-electron chi connectivity index (χ1n) is 8.11. The van der Waals surface area contributed by atoms with Gasteiger partial charge in [0.25, 0.3) is 0 Å². The van der Waals surface area contributed by atoms with Crippen LogP contribution in [-0.4, -0.2) is 39.2 Å². The van der Waals surface area contributed by atoms with Crippen LogP contribution in [0.4, 0.5) is 0 Å². The zero-order chi connectivity index (χ0) is 19.3. The van der Waals surface area contributed by atoms with Crippen molar-refractivity contribution in [2.75, 3.05) is 20.8 Å². The lowest BCUT2D eigenvalue weighted by Gasteiger charge is -2.10. The second kappa shape index (κ2) is 8.47. The van der Waals surface area contributed by atoms with Gasteiger partial charge in [0.2, 0.25) is 10.0 Å². The molecule has 3 aromatic rings. The van der Waals surface area contributed by atoms with Crippen molar-refractivity contribution in [3.8, 4) is 22.2 Å². The van der Waals surface area contributed by atoms with Gasteiger partial charge in [-0.15, -0.1) is 11.3 Å². The zero-order valence-corrected chi connectivity index (χ0v) is 16.5. The molecule has 142 valence electrons. The van der Waals surface area contributed by atoms with Gasteiger partial charge in [-0.25, -0.2) is 18.1 Å². The minimum absolute atomic E-state index is 0.118. The summed E-state index contributed by atoms with van der Waals surface area (Å²) in [5.74, 6) is 0.834. The highest BCUT2D eigenvalue weighted by molar-refractivity contribution is 7.89. The number of rotatable bonds is 8. The summed E-state index contributed by atoms with van der Waals surface area (Å²) in [6.07, 6.45) is 2.20. The lowest BCUT2D eigenvalue weighted by atomic mass is 10.3. The van der Waals surface area contributed by atoms with Gasteiger partial charge in [-0.1, -0.05) is 6.07 Å². The molecule has 7 nitrogen and oxygen atoms in total. The maximum Gasteiger partial charge on any atom is 0.240 e. The van der Waals surface area contributed by atoms with Crippen molar-refractivity contribution in [1.29, 1.82) is 0 Å². The Balaban J connectivity index is 1.64. The van der Waals surface area contributed by atoms with Crippen molar-refractivity contribution in [1.82, 2.24) is 14.7 Å². The Morgan fingerprint density at radius 3 is 2.63 bits per heavy atom. The Morgan fingerprint density at radius 2 is 1.93 bits per heavy atom. The molecule has 3 rings (SSSR count). The molecule has 0 bridgehead atoms. The van der Waals surface area contributed by atoms with E-state index in [0.29, 0.717) is 17.9 Å². The van der Waals surface area contributed by atoms with Gasteiger partial charge in [0.05, 0.1) is 30.5 Å². The molecule has 0 aliphatic heterocycles. The lowest BCUT2D eigenvalue weighted by molar-refractivity contribution is 0.354. The number of thiazole rings is 1. The predicted octanol–water partition coefficient (Wildman–Crippen LogP) is 2.74. The van der Waals surface area contributed by atoms with Crippen molar-refractivity contribution >= 4 is 21.4 Å². The second-order valence-corrected chi connectivity index (χ2v) is 8.15. The summed E-state index contributed by atoms with van der Waals surface area (Å²) < 4.78 is 37.8. The summed E-state index contributed by atoms with van der Waals surface area (Å²) in [5, 5.41) is 2.72. The molecule has 0 spiro atoms. The normalized spacial score (nSPS) is 11.3. The van der Waals surface area contributed by atoms with E-state index in [1.807, 2.05) is 23.6 Å². The number of ether oxygens (including phenoxy) is 2. The average Bonchev–Trinajstić information content (AvgIpc) is 3.17. The van der Waals surface area contributed by atoms with Crippen molar-refractivity contribution in [2.24, 2.45) is 0 Å². The third-order valence-corrected chi connectivity index (χ3v) is 6.15. The fraction of sp³-hybridized carbons (Fsp3) is 0.222. The van der Waals surface area contributed by atoms with E-state index < -0.39 is 10.0 Å². The van der Waals surface area contributed by atoms with E-state index >= 15 is 0 Å². The van der Waals surface area contributed by atoms with Crippen LogP contribution in [0.15, 0.2) is 52.9 Å². The molecule has 0 unspecified atom stereocenters. The van der Waals surface area contributed by atoms with Gasteiger partial charge in [0, 0.05) is 30.6 Å². The van der Waals surface area contributed by atoms with Gasteiger partial charge in [0.15, 0.2) is 11.5 Å². The largest absolute Gasteiger partial charge is 0.493 e. The smallest absolute Gasteiger partial charge is 0.240 e. The monoisotopic (exact) mass is 405 g/mol. The number of hydrogen-bond acceptors (Lipinski definition) is 7. The minimum atomic E-state index is -3.66. The number of hydrogen-bond donors (Lipinski definition) is 1. The van der Waals surface area contributed by atoms with E-state index in [1.165, 1.54) is 37.7 Å². The number of pyridine rings is 1. The lowest BCUT2D eigenvalue weighted by Crippen LogP contribution is -2.26. The second-order valence-electron chi connectivity index (χ2n) is 5.52. The summed E-state index contributed by atoms with van der Waals surface area (Å²) in [7, 11) is -0.697. The predicted molar refractivity (Wildman–Crippen MR) is 104 cm³/mol. The van der Waals surface area contributed by atoms with E-state index in [9.17, 15) is 8.42 Å². The third kappa shape index (κ3) is 4.62. The molecule has 2 heterocycles. The maximum atomic E-state index is 12.5. The van der Waals surface area contributed by atoms with Crippen LogP contribution in [-0.2, 0) is 16.4 Å². The Kier molecular flexibility index (Phi) is 6.04. The molecule has 0 saturated heterocycles. The molecular formula is C18H19N3O4S2. The van der Waals surface area contributed by atoms with E-state index in [-0.39, 0.29) is 11.4 Å². The van der Waals surface area contributed by atoms with Crippen LogP contribution >= 0.6 is 11.3 Å². The first-order chi connectivity index (χ1) is 13.0. The minimum Gasteiger partial charge on any atom is -0.493 e. The van der Waals surface area contributed by atoms with Crippen LogP contribution in [0.1, 0.15) is 5.69 Å². The van der Waals surface area contributed by atoms with Crippen LogP contribution < -0.4 is 14.2 Å². The SMILES string of the molecule is COc1ccc(S(=O)(=O)NCCc2csc(-c3ccccn3)n2)cc1OC. The highest BCUT2D eigenvalue weighted by atomic mass is 32.2. The summed E-state index contributed by atoms with van der Waals surface area (Å²) >= 11 is 1.48. The first-order valence-corrected chi connectivity index (χ1v) is 10.5. The van der Waals surface area contributed by atoms with Gasteiger partial charge in [0.1, 0.15) is 5.01 Å². The Bertz CT molecular complexity index is 1000. The first kappa shape index (κ1) is 19.3. The van der Waals surface area contributed by atoms with Gasteiger partial charge < -0.3 is 9.47 Å². The molecule has 9 heteroatoms. The number of nitrogens with zero attached hydrogens (tertiary/aromatic N) is 2. The molecule has 0 saturated carbocycles. The zero-order valence-electron chi connectivity index (χ0n) is 14.9. The summed E-state index contributed by atoms with van der Waals surface area (Å²) in [4.78, 5) is 8.89. The number of aromatic nitrogens is 2. The highest BCUT2D eigenvalue weighted by Gasteiger charge is 2.17. The third-order valence-electron chi connectivity index (χ3n) is 3.77. The Labute approximate surface area is 162 Å². The molecule has 0 aliphatic carbocycles. The number of nitrogens with one attached hydrogen (secondary N) is 1. The quantitative estimate of drug-likeness (QED) is 0.620. The average molecular weight is 406 g/mol. The number of benzene rings is 1. The number of sulfonamides is 1. The molecule has 1 aromatic carbocycles. The molecule has 0 fully saturated rings. The fourth-order valence-electron chi connectivity index (χ4n) is 2.41. The summed E-state index contributed by atoms with van der Waals surface area (Å²) in [5.41, 5.74) is 1.62. The molecule has 0 radical (unpaired) electrons. The van der Waals surface area contributed by atoms with Crippen molar-refractivity contribution < 1.29 is 17.9 Å². The van der Waals surface area contributed by atoms with E-state index in [0.717, 1.165) is 16.4 Å². The Morgan fingerprint density at radius 1 is 1.11 bits per heavy atom. The molecule has 27 heavy (non-hydrogen) atoms. The van der Waals surface area contributed by atoms with E-state index in [4.69, 9.17) is 9.47 Å². The van der Waals surface area contributed by atoms with Crippen LogP contribution in [0.2, 0.25) is 0 Å². The molecule has 0 amide bonds. The van der Waals surface area contributed by atoms with Gasteiger partial charge >= 0.3 is 0 Å². The van der Waals surface area contributed by atoms with Gasteiger partial charge in [-0.05, 0) is 24.3 Å². The van der Waals surface area contributed by atoms with E-state index in [1.54, 1.807) is 12.3 Å². The van der Waals surface area contributed by atoms with Crippen LogP contribution in [0, 0.1) is 0 Å². The molecule has 0 aliphatic rings. The summed E-state index contributed by atoms with van der Waals surface area (Å²) in [6, 6.07) is 10.1. The maximum absolute atomic E-state index is 12.5. The van der Waals surface area contributed by atoms with Crippen molar-refractivity contribution in [2.45, 2.75) is 11.3 Å². The topological polar surface area (TPSA) is 90.4 Å². The molecule has 1 N–H and O–H groups in total. The molecule has 0 atom stereocenters. The molecule has 2 aromatic heterocycles.